The lowest BCUT2D eigenvalue weighted by molar-refractivity contribution is -0.109. The molecule has 0 aromatic carbocycles. The van der Waals surface area contributed by atoms with Crippen molar-refractivity contribution in [2.45, 2.75) is 25.6 Å². The van der Waals surface area contributed by atoms with Gasteiger partial charge in [-0.3, -0.25) is 4.79 Å². The molecule has 0 aliphatic carbocycles. The molecule has 0 aliphatic heterocycles. The highest BCUT2D eigenvalue weighted by Crippen LogP contribution is 2.18. The van der Waals surface area contributed by atoms with Crippen LogP contribution in [0.2, 0.25) is 5.02 Å². The Labute approximate surface area is 108 Å². The normalized spacial score (nSPS) is 14.4. The highest BCUT2D eigenvalue weighted by atomic mass is 35.5. The van der Waals surface area contributed by atoms with E-state index >= 15 is 0 Å². The number of nitrogens with zero attached hydrogens (tertiary/aromatic N) is 2. The molecule has 1 rings (SSSR count). The number of aromatic nitrogens is 2. The number of hydrogen-bond acceptors (Lipinski definition) is 6. The van der Waals surface area contributed by atoms with E-state index in [9.17, 15) is 15.0 Å². The van der Waals surface area contributed by atoms with E-state index in [2.05, 4.69) is 9.97 Å². The number of carbonyl (C=O) groups is 1. The lowest BCUT2D eigenvalue weighted by Gasteiger charge is -2.15. The van der Waals surface area contributed by atoms with E-state index in [1.165, 1.54) is 19.3 Å². The Bertz CT molecular complexity index is 374. The zero-order valence-corrected chi connectivity index (χ0v) is 10.8. The summed E-state index contributed by atoms with van der Waals surface area (Å²) in [6.45, 7) is 1.45. The number of aliphatic hydroxyl groups excluding tert-OH is 2. The quantitative estimate of drug-likeness (QED) is 0.841. The Morgan fingerprint density at radius 2 is 2.06 bits per heavy atom. The number of rotatable bonds is 5. The van der Waals surface area contributed by atoms with Crippen molar-refractivity contribution in [3.63, 3.8) is 0 Å². The number of halogens is 1. The van der Waals surface area contributed by atoms with Crippen LogP contribution in [-0.2, 0) is 4.79 Å². The fourth-order valence-corrected chi connectivity index (χ4v) is 1.87. The van der Waals surface area contributed by atoms with Crippen LogP contribution in [0.25, 0.3) is 0 Å². The monoisotopic (exact) mass is 276 g/mol. The Morgan fingerprint density at radius 3 is 2.59 bits per heavy atom. The molecule has 0 radical (unpaired) electrons. The summed E-state index contributed by atoms with van der Waals surface area (Å²) in [6.07, 6.45) is 0.828. The van der Waals surface area contributed by atoms with Crippen LogP contribution in [0.3, 0.4) is 0 Å². The molecular weight excluding hydrogens is 264 g/mol. The van der Waals surface area contributed by atoms with Crippen LogP contribution in [0, 0.1) is 0 Å². The van der Waals surface area contributed by atoms with Crippen LogP contribution in [-0.4, -0.2) is 37.2 Å². The summed E-state index contributed by atoms with van der Waals surface area (Å²) >= 11 is 6.71. The Morgan fingerprint density at radius 1 is 1.47 bits per heavy atom. The first-order valence-electron chi connectivity index (χ1n) is 4.97. The van der Waals surface area contributed by atoms with Crippen LogP contribution in [0.1, 0.15) is 25.3 Å². The minimum absolute atomic E-state index is 0.0190. The second-order valence-electron chi connectivity index (χ2n) is 3.40. The maximum atomic E-state index is 10.7. The standard InChI is InChI=1S/C10H13ClN2O3S/c1-6(14)17-3-2-8(15)9(16)10-12-4-7(11)5-13-10/h4-5,8-9,15-16H,2-3H2,1H3. The molecule has 2 unspecified atom stereocenters. The molecule has 0 saturated heterocycles. The predicted molar refractivity (Wildman–Crippen MR) is 65.8 cm³/mol. The first-order valence-corrected chi connectivity index (χ1v) is 6.34. The van der Waals surface area contributed by atoms with Crippen LogP contribution in [0.4, 0.5) is 0 Å². The van der Waals surface area contributed by atoms with Gasteiger partial charge in [0, 0.05) is 25.1 Å². The van der Waals surface area contributed by atoms with Crippen molar-refractivity contribution in [1.29, 1.82) is 0 Å². The molecule has 2 atom stereocenters. The zero-order chi connectivity index (χ0) is 12.8. The van der Waals surface area contributed by atoms with Crippen LogP contribution in [0.15, 0.2) is 12.4 Å². The van der Waals surface area contributed by atoms with Gasteiger partial charge in [-0.25, -0.2) is 9.97 Å². The molecular formula is C10H13ClN2O3S. The van der Waals surface area contributed by atoms with E-state index in [4.69, 9.17) is 11.6 Å². The van der Waals surface area contributed by atoms with Crippen LogP contribution >= 0.6 is 23.4 Å². The molecule has 0 bridgehead atoms. The van der Waals surface area contributed by atoms with E-state index in [1.54, 1.807) is 0 Å². The third-order valence-corrected chi connectivity index (χ3v) is 3.03. The van der Waals surface area contributed by atoms with Gasteiger partial charge >= 0.3 is 0 Å². The van der Waals surface area contributed by atoms with Crippen molar-refractivity contribution >= 4 is 28.5 Å². The van der Waals surface area contributed by atoms with Gasteiger partial charge in [-0.05, 0) is 6.42 Å². The van der Waals surface area contributed by atoms with Gasteiger partial charge in [-0.15, -0.1) is 0 Å². The van der Waals surface area contributed by atoms with Crippen molar-refractivity contribution < 1.29 is 15.0 Å². The molecule has 0 saturated carbocycles. The highest BCUT2D eigenvalue weighted by Gasteiger charge is 2.20. The number of hydrogen-bond donors (Lipinski definition) is 2. The van der Waals surface area contributed by atoms with Gasteiger partial charge in [0.15, 0.2) is 10.9 Å². The SMILES string of the molecule is CC(=O)SCCC(O)C(O)c1ncc(Cl)cn1. The van der Waals surface area contributed by atoms with Crippen LogP contribution in [0.5, 0.6) is 0 Å². The molecule has 0 spiro atoms. The fourth-order valence-electron chi connectivity index (χ4n) is 1.13. The van der Waals surface area contributed by atoms with Gasteiger partial charge in [-0.1, -0.05) is 23.4 Å². The fraction of sp³-hybridized carbons (Fsp3) is 0.500. The summed E-state index contributed by atoms with van der Waals surface area (Å²) in [7, 11) is 0. The minimum Gasteiger partial charge on any atom is -0.390 e. The minimum atomic E-state index is -1.17. The highest BCUT2D eigenvalue weighted by molar-refractivity contribution is 8.13. The van der Waals surface area contributed by atoms with E-state index in [-0.39, 0.29) is 17.4 Å². The molecule has 0 fully saturated rings. The van der Waals surface area contributed by atoms with Crippen molar-refractivity contribution in [2.75, 3.05) is 5.75 Å². The third-order valence-electron chi connectivity index (χ3n) is 1.99. The third kappa shape index (κ3) is 4.99. The van der Waals surface area contributed by atoms with Gasteiger partial charge in [0.25, 0.3) is 0 Å². The smallest absolute Gasteiger partial charge is 0.185 e. The van der Waals surface area contributed by atoms with Gasteiger partial charge in [0.1, 0.15) is 6.10 Å². The predicted octanol–water partition coefficient (Wildman–Crippen LogP) is 1.19. The van der Waals surface area contributed by atoms with Gasteiger partial charge in [0.05, 0.1) is 11.1 Å². The maximum Gasteiger partial charge on any atom is 0.185 e. The second kappa shape index (κ2) is 6.90. The Kier molecular flexibility index (Phi) is 5.84. The maximum absolute atomic E-state index is 10.7. The molecule has 94 valence electrons. The summed E-state index contributed by atoms with van der Waals surface area (Å²) in [5, 5.41) is 19.7. The number of carbonyl (C=O) groups excluding carboxylic acids is 1. The molecule has 0 amide bonds. The molecule has 7 heteroatoms. The van der Waals surface area contributed by atoms with Crippen molar-refractivity contribution in [2.24, 2.45) is 0 Å². The molecule has 1 aromatic rings. The first-order chi connectivity index (χ1) is 8.00. The van der Waals surface area contributed by atoms with Crippen molar-refractivity contribution in [1.82, 2.24) is 9.97 Å². The van der Waals surface area contributed by atoms with Gasteiger partial charge in [0.2, 0.25) is 0 Å². The average molecular weight is 277 g/mol. The summed E-state index contributed by atoms with van der Waals surface area (Å²) in [5.41, 5.74) is 0. The van der Waals surface area contributed by atoms with E-state index in [1.807, 2.05) is 0 Å². The van der Waals surface area contributed by atoms with Gasteiger partial charge in [-0.2, -0.15) is 0 Å². The summed E-state index contributed by atoms with van der Waals surface area (Å²) < 4.78 is 0. The Balaban J connectivity index is 2.48. The summed E-state index contributed by atoms with van der Waals surface area (Å²) in [6, 6.07) is 0. The van der Waals surface area contributed by atoms with Crippen molar-refractivity contribution in [3.05, 3.63) is 23.2 Å². The lowest BCUT2D eigenvalue weighted by atomic mass is 10.1. The molecule has 5 nitrogen and oxygen atoms in total. The van der Waals surface area contributed by atoms with E-state index in [0.29, 0.717) is 10.8 Å². The van der Waals surface area contributed by atoms with E-state index in [0.717, 1.165) is 11.8 Å². The largest absolute Gasteiger partial charge is 0.390 e. The van der Waals surface area contributed by atoms with Gasteiger partial charge < -0.3 is 10.2 Å². The molecule has 1 heterocycles. The van der Waals surface area contributed by atoms with Crippen molar-refractivity contribution in [3.8, 4) is 0 Å². The molecule has 2 N–H and O–H groups in total. The zero-order valence-electron chi connectivity index (χ0n) is 9.21. The lowest BCUT2D eigenvalue weighted by Crippen LogP contribution is -2.21. The average Bonchev–Trinajstić information content (AvgIpc) is 2.28. The summed E-state index contributed by atoms with van der Waals surface area (Å²) in [4.78, 5) is 18.3. The Hall–Kier alpha value is -0.690. The van der Waals surface area contributed by atoms with Crippen LogP contribution < -0.4 is 0 Å². The number of thioether (sulfide) groups is 1. The summed E-state index contributed by atoms with van der Waals surface area (Å²) in [5.74, 6) is 0.566. The molecule has 17 heavy (non-hydrogen) atoms. The first kappa shape index (κ1) is 14.4. The molecule has 1 aromatic heterocycles. The topological polar surface area (TPSA) is 83.3 Å². The molecule has 0 aliphatic rings. The number of aliphatic hydroxyl groups is 2. The second-order valence-corrected chi connectivity index (χ2v) is 5.11. The van der Waals surface area contributed by atoms with E-state index < -0.39 is 12.2 Å².